The lowest BCUT2D eigenvalue weighted by Crippen LogP contribution is -2.26. The first-order chi connectivity index (χ1) is 9.34. The van der Waals surface area contributed by atoms with Crippen LogP contribution in [0.25, 0.3) is 10.2 Å². The molecule has 0 amide bonds. The van der Waals surface area contributed by atoms with Crippen LogP contribution in [0, 0.1) is 5.82 Å². The highest BCUT2D eigenvalue weighted by Gasteiger charge is 2.43. The van der Waals surface area contributed by atoms with Gasteiger partial charge in [-0.2, -0.15) is 0 Å². The normalized spacial score (nSPS) is 30.1. The second-order valence-corrected chi connectivity index (χ2v) is 7.57. The van der Waals surface area contributed by atoms with Crippen LogP contribution in [0.1, 0.15) is 19.8 Å². The Kier molecular flexibility index (Phi) is 3.46. The number of aliphatic hydroxyl groups is 1. The Morgan fingerprint density at radius 3 is 2.90 bits per heavy atom. The predicted molar refractivity (Wildman–Crippen MR) is 76.4 cm³/mol. The van der Waals surface area contributed by atoms with Crippen molar-refractivity contribution in [1.82, 2.24) is 4.98 Å². The minimum Gasteiger partial charge on any atom is -0.484 e. The van der Waals surface area contributed by atoms with Gasteiger partial charge < -0.3 is 9.84 Å². The zero-order valence-electron chi connectivity index (χ0n) is 10.6. The third-order valence-electron chi connectivity index (χ3n) is 3.39. The molecule has 0 radical (unpaired) electrons. The molecule has 20 heavy (non-hydrogen) atoms. The summed E-state index contributed by atoms with van der Waals surface area (Å²) in [5, 5.41) is 9.79. The minimum atomic E-state index is -1.47. The molecule has 1 fully saturated rings. The van der Waals surface area contributed by atoms with E-state index >= 15 is 0 Å². The second-order valence-electron chi connectivity index (χ2n) is 5.26. The fourth-order valence-corrected chi connectivity index (χ4v) is 3.90. The Morgan fingerprint density at radius 2 is 2.25 bits per heavy atom. The highest BCUT2D eigenvalue weighted by atomic mass is 79.9. The number of hydrogen-bond donors (Lipinski definition) is 1. The maximum atomic E-state index is 14.0. The minimum absolute atomic E-state index is 0.00758. The molecule has 1 aromatic carbocycles. The first-order valence-corrected chi connectivity index (χ1v) is 7.74. The average Bonchev–Trinajstić information content (AvgIpc) is 2.78. The first kappa shape index (κ1) is 14.2. The second kappa shape index (κ2) is 4.89. The number of fused-ring (bicyclic) bond motifs is 1. The molecule has 7 heteroatoms. The predicted octanol–water partition coefficient (Wildman–Crippen LogP) is 3.83. The molecule has 1 aliphatic rings. The summed E-state index contributed by atoms with van der Waals surface area (Å²) >= 11 is 4.60. The van der Waals surface area contributed by atoms with Gasteiger partial charge in [0, 0.05) is 25.0 Å². The highest BCUT2D eigenvalue weighted by molar-refractivity contribution is 9.11. The van der Waals surface area contributed by atoms with Crippen LogP contribution in [0.4, 0.5) is 8.78 Å². The van der Waals surface area contributed by atoms with E-state index in [-0.39, 0.29) is 18.6 Å². The van der Waals surface area contributed by atoms with Crippen molar-refractivity contribution in [3.8, 4) is 5.75 Å². The molecule has 1 aliphatic carbocycles. The van der Waals surface area contributed by atoms with E-state index in [0.29, 0.717) is 9.43 Å². The third-order valence-corrected chi connectivity index (χ3v) is 4.85. The van der Waals surface area contributed by atoms with E-state index in [9.17, 15) is 13.9 Å². The average molecular weight is 364 g/mol. The number of rotatable bonds is 2. The number of hydrogen-bond acceptors (Lipinski definition) is 4. The van der Waals surface area contributed by atoms with E-state index in [0.717, 1.165) is 4.70 Å². The molecule has 1 N–H and O–H groups in total. The number of alkyl halides is 1. The van der Waals surface area contributed by atoms with E-state index in [4.69, 9.17) is 4.74 Å². The smallest absolute Gasteiger partial charge is 0.167 e. The molecule has 3 rings (SSSR count). The quantitative estimate of drug-likeness (QED) is 0.881. The molecule has 2 aromatic rings. The SMILES string of the molecule is CC1(F)C[C@H](O)[C@H](Oc2cc3sc(Br)nc3cc2F)C1. The van der Waals surface area contributed by atoms with E-state index in [1.54, 1.807) is 0 Å². The highest BCUT2D eigenvalue weighted by Crippen LogP contribution is 2.37. The number of benzene rings is 1. The number of halogens is 3. The van der Waals surface area contributed by atoms with E-state index in [2.05, 4.69) is 20.9 Å². The summed E-state index contributed by atoms with van der Waals surface area (Å²) in [4.78, 5) is 4.12. The van der Waals surface area contributed by atoms with Gasteiger partial charge in [-0.25, -0.2) is 13.8 Å². The van der Waals surface area contributed by atoms with Crippen LogP contribution < -0.4 is 4.74 Å². The molecule has 0 aliphatic heterocycles. The monoisotopic (exact) mass is 363 g/mol. The summed E-state index contributed by atoms with van der Waals surface area (Å²) in [7, 11) is 0. The number of aliphatic hydroxyl groups excluding tert-OH is 1. The zero-order chi connectivity index (χ0) is 14.5. The maximum Gasteiger partial charge on any atom is 0.167 e. The topological polar surface area (TPSA) is 42.4 Å². The van der Waals surface area contributed by atoms with Crippen molar-refractivity contribution < 1.29 is 18.6 Å². The van der Waals surface area contributed by atoms with Crippen LogP contribution in [0.15, 0.2) is 16.0 Å². The van der Waals surface area contributed by atoms with Crippen molar-refractivity contribution in [2.24, 2.45) is 0 Å². The number of nitrogens with zero attached hydrogens (tertiary/aromatic N) is 1. The van der Waals surface area contributed by atoms with Crippen molar-refractivity contribution in [1.29, 1.82) is 0 Å². The summed E-state index contributed by atoms with van der Waals surface area (Å²) in [6.45, 7) is 1.42. The molecule has 1 unspecified atom stereocenters. The summed E-state index contributed by atoms with van der Waals surface area (Å²) in [6, 6.07) is 2.82. The lowest BCUT2D eigenvalue weighted by atomic mass is 10.1. The van der Waals surface area contributed by atoms with Gasteiger partial charge in [0.2, 0.25) is 0 Å². The molecular weight excluding hydrogens is 352 g/mol. The van der Waals surface area contributed by atoms with Crippen molar-refractivity contribution in [2.45, 2.75) is 37.6 Å². The fraction of sp³-hybridized carbons (Fsp3) is 0.462. The molecule has 1 heterocycles. The Hall–Kier alpha value is -0.790. The van der Waals surface area contributed by atoms with E-state index in [1.165, 1.54) is 30.4 Å². The van der Waals surface area contributed by atoms with Gasteiger partial charge in [0.05, 0.1) is 16.3 Å². The Balaban J connectivity index is 1.89. The Morgan fingerprint density at radius 1 is 1.50 bits per heavy atom. The van der Waals surface area contributed by atoms with Crippen molar-refractivity contribution in [2.75, 3.05) is 0 Å². The third kappa shape index (κ3) is 2.66. The molecule has 0 saturated heterocycles. The molecule has 1 saturated carbocycles. The largest absolute Gasteiger partial charge is 0.484 e. The van der Waals surface area contributed by atoms with Gasteiger partial charge in [-0.1, -0.05) is 0 Å². The lowest BCUT2D eigenvalue weighted by Gasteiger charge is -2.17. The van der Waals surface area contributed by atoms with E-state index < -0.39 is 23.7 Å². The Bertz CT molecular complexity index is 661. The van der Waals surface area contributed by atoms with Crippen molar-refractivity contribution in [3.05, 3.63) is 21.9 Å². The summed E-state index contributed by atoms with van der Waals surface area (Å²) < 4.78 is 34.7. The van der Waals surface area contributed by atoms with E-state index in [1.807, 2.05) is 0 Å². The van der Waals surface area contributed by atoms with Crippen molar-refractivity contribution >= 4 is 37.5 Å². The molecule has 0 spiro atoms. The lowest BCUT2D eigenvalue weighted by molar-refractivity contribution is 0.0579. The van der Waals surface area contributed by atoms with Gasteiger partial charge in [0.25, 0.3) is 0 Å². The van der Waals surface area contributed by atoms with Crippen LogP contribution in [0.5, 0.6) is 5.75 Å². The summed E-state index contributed by atoms with van der Waals surface area (Å²) in [5.41, 5.74) is -0.938. The first-order valence-electron chi connectivity index (χ1n) is 6.13. The van der Waals surface area contributed by atoms with Crippen LogP contribution in [-0.4, -0.2) is 28.0 Å². The fourth-order valence-electron chi connectivity index (χ4n) is 2.48. The molecule has 3 atom stereocenters. The van der Waals surface area contributed by atoms with Gasteiger partial charge in [-0.05, 0) is 22.9 Å². The summed E-state index contributed by atoms with van der Waals surface area (Å²) in [6.07, 6.45) is -1.59. The molecular formula is C13H12BrF2NO2S. The van der Waals surface area contributed by atoms with Crippen LogP contribution in [-0.2, 0) is 0 Å². The number of thiazole rings is 1. The van der Waals surface area contributed by atoms with Gasteiger partial charge in [-0.3, -0.25) is 0 Å². The Labute approximate surface area is 126 Å². The van der Waals surface area contributed by atoms with Gasteiger partial charge >= 0.3 is 0 Å². The molecule has 3 nitrogen and oxygen atoms in total. The summed E-state index contributed by atoms with van der Waals surface area (Å²) in [5.74, 6) is -0.537. The molecule has 0 bridgehead atoms. The molecule has 108 valence electrons. The maximum absolute atomic E-state index is 14.0. The number of aromatic nitrogens is 1. The van der Waals surface area contributed by atoms with Crippen LogP contribution >= 0.6 is 27.3 Å². The number of ether oxygens (including phenoxy) is 1. The van der Waals surface area contributed by atoms with Crippen LogP contribution in [0.3, 0.4) is 0 Å². The van der Waals surface area contributed by atoms with Gasteiger partial charge in [0.1, 0.15) is 11.8 Å². The van der Waals surface area contributed by atoms with Gasteiger partial charge in [-0.15, -0.1) is 11.3 Å². The van der Waals surface area contributed by atoms with Gasteiger partial charge in [0.15, 0.2) is 15.5 Å². The standard InChI is InChI=1S/C13H12BrF2NO2S/c1-13(16)4-8(18)10(5-13)19-9-3-11-7(2-6(9)15)17-12(14)20-11/h2-3,8,10,18H,4-5H2,1H3/t8-,10+,13?/m0/s1. The molecule has 1 aromatic heterocycles. The van der Waals surface area contributed by atoms with Crippen molar-refractivity contribution in [3.63, 3.8) is 0 Å². The zero-order valence-corrected chi connectivity index (χ0v) is 13.0. The van der Waals surface area contributed by atoms with Crippen LogP contribution in [0.2, 0.25) is 0 Å².